The minimum atomic E-state index is -0.894. The largest absolute Gasteiger partial charge is 0.480 e. The average molecular weight is 295 g/mol. The molecule has 1 aromatic heterocycles. The van der Waals surface area contributed by atoms with Crippen molar-refractivity contribution in [2.75, 3.05) is 6.54 Å². The summed E-state index contributed by atoms with van der Waals surface area (Å²) in [4.78, 5) is 27.4. The summed E-state index contributed by atoms with van der Waals surface area (Å²) in [6.07, 6.45) is 2.64. The molecular weight excluding hydrogens is 274 g/mol. The van der Waals surface area contributed by atoms with Crippen LogP contribution in [0.3, 0.4) is 0 Å². The van der Waals surface area contributed by atoms with E-state index in [1.807, 2.05) is 19.9 Å². The Morgan fingerprint density at radius 1 is 1.50 bits per heavy atom. The third kappa shape index (κ3) is 2.73. The van der Waals surface area contributed by atoms with Crippen molar-refractivity contribution >= 4 is 23.2 Å². The summed E-state index contributed by atoms with van der Waals surface area (Å²) >= 11 is 1.47. The first kappa shape index (κ1) is 15.0. The van der Waals surface area contributed by atoms with Gasteiger partial charge in [-0.3, -0.25) is 4.79 Å². The number of amides is 1. The highest BCUT2D eigenvalue weighted by atomic mass is 32.1. The van der Waals surface area contributed by atoms with Crippen LogP contribution < -0.4 is 0 Å². The third-order valence-corrected chi connectivity index (χ3v) is 5.14. The van der Waals surface area contributed by atoms with E-state index in [2.05, 4.69) is 6.92 Å². The molecule has 2 rings (SSSR count). The molecule has 0 bridgehead atoms. The van der Waals surface area contributed by atoms with E-state index in [-0.39, 0.29) is 11.8 Å². The number of hydrogen-bond acceptors (Lipinski definition) is 3. The summed E-state index contributed by atoms with van der Waals surface area (Å²) < 4.78 is 0. The summed E-state index contributed by atoms with van der Waals surface area (Å²) in [6.45, 7) is 6.52. The number of carboxylic acids is 1. The van der Waals surface area contributed by atoms with Crippen molar-refractivity contribution in [1.82, 2.24) is 4.90 Å². The molecule has 0 saturated carbocycles. The zero-order valence-corrected chi connectivity index (χ0v) is 13.0. The lowest BCUT2D eigenvalue weighted by molar-refractivity contribution is -0.145. The molecule has 4 nitrogen and oxygen atoms in total. The fourth-order valence-corrected chi connectivity index (χ4v) is 3.98. The quantitative estimate of drug-likeness (QED) is 0.932. The Kier molecular flexibility index (Phi) is 4.48. The van der Waals surface area contributed by atoms with Gasteiger partial charge in [-0.2, -0.15) is 0 Å². The highest BCUT2D eigenvalue weighted by molar-refractivity contribution is 7.14. The molecule has 20 heavy (non-hydrogen) atoms. The van der Waals surface area contributed by atoms with Crippen LogP contribution in [0.5, 0.6) is 0 Å². The Labute approximate surface area is 123 Å². The first-order valence-corrected chi connectivity index (χ1v) is 7.90. The molecule has 1 N–H and O–H groups in total. The number of piperidine rings is 1. The number of hydrogen-bond donors (Lipinski definition) is 1. The molecule has 0 aromatic carbocycles. The molecule has 5 heteroatoms. The Morgan fingerprint density at radius 2 is 2.20 bits per heavy atom. The van der Waals surface area contributed by atoms with Crippen LogP contribution in [0.15, 0.2) is 6.07 Å². The van der Waals surface area contributed by atoms with Gasteiger partial charge < -0.3 is 10.0 Å². The zero-order valence-electron chi connectivity index (χ0n) is 12.2. The number of aliphatic carboxylic acids is 1. The number of carbonyl (C=O) groups excluding carboxylic acids is 1. The predicted molar refractivity (Wildman–Crippen MR) is 79.3 cm³/mol. The molecule has 1 aliphatic heterocycles. The first-order chi connectivity index (χ1) is 9.45. The molecular formula is C15H21NO3S. The van der Waals surface area contributed by atoms with E-state index in [9.17, 15) is 14.7 Å². The van der Waals surface area contributed by atoms with Gasteiger partial charge in [-0.05, 0) is 43.7 Å². The third-order valence-electron chi connectivity index (χ3n) is 4.06. The minimum absolute atomic E-state index is 0.0110. The average Bonchev–Trinajstić information content (AvgIpc) is 2.78. The summed E-state index contributed by atoms with van der Waals surface area (Å²) in [5.41, 5.74) is 1.18. The molecule has 1 aliphatic rings. The molecule has 0 radical (unpaired) electrons. The van der Waals surface area contributed by atoms with Gasteiger partial charge in [0.25, 0.3) is 5.91 Å². The maximum Gasteiger partial charge on any atom is 0.326 e. The van der Waals surface area contributed by atoms with E-state index in [1.54, 1.807) is 4.90 Å². The molecule has 0 aliphatic carbocycles. The SMILES string of the molecule is CCc1cc(C(=O)N2CCCC(C)C2C(=O)O)sc1C. The lowest BCUT2D eigenvalue weighted by Gasteiger charge is -2.37. The van der Waals surface area contributed by atoms with Crippen LogP contribution in [0.25, 0.3) is 0 Å². The molecule has 1 aromatic rings. The van der Waals surface area contributed by atoms with Crippen LogP contribution >= 0.6 is 11.3 Å². The van der Waals surface area contributed by atoms with Gasteiger partial charge in [-0.1, -0.05) is 13.8 Å². The summed E-state index contributed by atoms with van der Waals surface area (Å²) in [5.74, 6) is -1.01. The van der Waals surface area contributed by atoms with Gasteiger partial charge in [0.05, 0.1) is 4.88 Å². The topological polar surface area (TPSA) is 57.6 Å². The van der Waals surface area contributed by atoms with E-state index >= 15 is 0 Å². The van der Waals surface area contributed by atoms with E-state index < -0.39 is 12.0 Å². The number of rotatable bonds is 3. The number of thiophene rings is 1. The molecule has 2 heterocycles. The van der Waals surface area contributed by atoms with E-state index in [0.29, 0.717) is 11.4 Å². The van der Waals surface area contributed by atoms with Crippen LogP contribution in [-0.4, -0.2) is 34.5 Å². The molecule has 1 amide bonds. The fraction of sp³-hybridized carbons (Fsp3) is 0.600. The maximum atomic E-state index is 12.6. The van der Waals surface area contributed by atoms with E-state index in [1.165, 1.54) is 16.9 Å². The van der Waals surface area contributed by atoms with Crippen molar-refractivity contribution in [2.45, 2.75) is 46.1 Å². The van der Waals surface area contributed by atoms with Crippen LogP contribution in [0, 0.1) is 12.8 Å². The molecule has 2 unspecified atom stereocenters. The second-order valence-electron chi connectivity index (χ2n) is 5.45. The van der Waals surface area contributed by atoms with Crippen molar-refractivity contribution in [3.05, 3.63) is 21.4 Å². The molecule has 110 valence electrons. The predicted octanol–water partition coefficient (Wildman–Crippen LogP) is 2.94. The molecule has 2 atom stereocenters. The first-order valence-electron chi connectivity index (χ1n) is 7.08. The normalized spacial score (nSPS) is 22.9. The lowest BCUT2D eigenvalue weighted by atomic mass is 9.90. The Balaban J connectivity index is 2.27. The van der Waals surface area contributed by atoms with Gasteiger partial charge in [0.2, 0.25) is 0 Å². The maximum absolute atomic E-state index is 12.6. The summed E-state index contributed by atoms with van der Waals surface area (Å²) in [6, 6.07) is 1.23. The van der Waals surface area contributed by atoms with Gasteiger partial charge >= 0.3 is 5.97 Å². The van der Waals surface area contributed by atoms with Gasteiger partial charge in [0.15, 0.2) is 0 Å². The minimum Gasteiger partial charge on any atom is -0.480 e. The number of carboxylic acid groups (broad SMARTS) is 1. The highest BCUT2D eigenvalue weighted by Crippen LogP contribution is 2.29. The van der Waals surface area contributed by atoms with Crippen molar-refractivity contribution in [1.29, 1.82) is 0 Å². The summed E-state index contributed by atoms with van der Waals surface area (Å²) in [5, 5.41) is 9.39. The Hall–Kier alpha value is -1.36. The smallest absolute Gasteiger partial charge is 0.326 e. The number of nitrogens with zero attached hydrogens (tertiary/aromatic N) is 1. The molecule has 1 fully saturated rings. The van der Waals surface area contributed by atoms with E-state index in [4.69, 9.17) is 0 Å². The Bertz CT molecular complexity index is 523. The van der Waals surface area contributed by atoms with Crippen molar-refractivity contribution < 1.29 is 14.7 Å². The van der Waals surface area contributed by atoms with Crippen molar-refractivity contribution in [2.24, 2.45) is 5.92 Å². The van der Waals surface area contributed by atoms with Crippen molar-refractivity contribution in [3.8, 4) is 0 Å². The number of likely N-dealkylation sites (tertiary alicyclic amines) is 1. The van der Waals surface area contributed by atoms with Gasteiger partial charge in [0, 0.05) is 11.4 Å². The van der Waals surface area contributed by atoms with Crippen LogP contribution in [0.2, 0.25) is 0 Å². The van der Waals surface area contributed by atoms with Crippen LogP contribution in [0.4, 0.5) is 0 Å². The Morgan fingerprint density at radius 3 is 2.75 bits per heavy atom. The standard InChI is InChI=1S/C15H21NO3S/c1-4-11-8-12(20-10(11)3)14(17)16-7-5-6-9(2)13(16)15(18)19/h8-9,13H,4-7H2,1-3H3,(H,18,19). The van der Waals surface area contributed by atoms with E-state index in [0.717, 1.165) is 24.1 Å². The van der Waals surface area contributed by atoms with Crippen molar-refractivity contribution in [3.63, 3.8) is 0 Å². The lowest BCUT2D eigenvalue weighted by Crippen LogP contribution is -2.51. The van der Waals surface area contributed by atoms with Crippen LogP contribution in [0.1, 0.15) is 46.8 Å². The highest BCUT2D eigenvalue weighted by Gasteiger charge is 2.37. The van der Waals surface area contributed by atoms with Gasteiger partial charge in [-0.15, -0.1) is 11.3 Å². The molecule has 0 spiro atoms. The van der Waals surface area contributed by atoms with Crippen LogP contribution in [-0.2, 0) is 11.2 Å². The fourth-order valence-electron chi connectivity index (χ4n) is 2.91. The summed E-state index contributed by atoms with van der Waals surface area (Å²) in [7, 11) is 0. The number of carbonyl (C=O) groups is 2. The van der Waals surface area contributed by atoms with Gasteiger partial charge in [0.1, 0.15) is 6.04 Å². The molecule has 1 saturated heterocycles. The van der Waals surface area contributed by atoms with Gasteiger partial charge in [-0.25, -0.2) is 4.79 Å². The monoisotopic (exact) mass is 295 g/mol. The second kappa shape index (κ2) is 5.95. The zero-order chi connectivity index (χ0) is 14.9. The number of aryl methyl sites for hydroxylation is 2. The second-order valence-corrected chi connectivity index (χ2v) is 6.70.